The molecule has 0 aliphatic carbocycles. The van der Waals surface area contributed by atoms with Crippen molar-refractivity contribution in [1.82, 2.24) is 24.7 Å². The molecule has 1 atom stereocenters. The van der Waals surface area contributed by atoms with Crippen LogP contribution in [0.2, 0.25) is 0 Å². The topological polar surface area (TPSA) is 119 Å². The summed E-state index contributed by atoms with van der Waals surface area (Å²) in [6.45, 7) is -0.441. The molecule has 0 aliphatic rings. The van der Waals surface area contributed by atoms with E-state index in [-0.39, 0.29) is 0 Å². The molecular weight excluding hydrogens is 458 g/mol. The molecule has 2 N–H and O–H groups in total. The zero-order valence-corrected chi connectivity index (χ0v) is 19.0. The molecule has 0 fully saturated rings. The number of amides is 1. The quantitative estimate of drug-likeness (QED) is 0.370. The fraction of sp³-hybridized carbons (Fsp3) is 0.0741. The first-order chi connectivity index (χ1) is 17.5. The minimum absolute atomic E-state index is 0.422. The van der Waals surface area contributed by atoms with Gasteiger partial charge in [0.05, 0.1) is 16.8 Å². The Balaban J connectivity index is 1.50. The van der Waals surface area contributed by atoms with Crippen LogP contribution in [0.4, 0.5) is 0 Å². The van der Waals surface area contributed by atoms with Crippen molar-refractivity contribution in [3.8, 4) is 22.5 Å². The van der Waals surface area contributed by atoms with Gasteiger partial charge in [-0.3, -0.25) is 9.59 Å². The summed E-state index contributed by atoms with van der Waals surface area (Å²) in [5, 5.41) is 21.2. The molecule has 3 aromatic heterocycles. The molecule has 0 aliphatic heterocycles. The molecule has 36 heavy (non-hydrogen) atoms. The number of nitrogens with zero attached hydrogens (tertiary/aromatic N) is 4. The number of carbonyl (C=O) groups is 2. The molecule has 5 aromatic rings. The first-order valence-electron chi connectivity index (χ1n) is 11.2. The van der Waals surface area contributed by atoms with Crippen molar-refractivity contribution < 1.29 is 14.7 Å². The monoisotopic (exact) mass is 479 g/mol. The Hall–Kier alpha value is -5.05. The van der Waals surface area contributed by atoms with Gasteiger partial charge in [-0.1, -0.05) is 66.7 Å². The smallest absolute Gasteiger partial charge is 0.330 e. The average Bonchev–Trinajstić information content (AvgIpc) is 3.29. The molecule has 0 saturated carbocycles. The van der Waals surface area contributed by atoms with Gasteiger partial charge < -0.3 is 10.4 Å². The highest BCUT2D eigenvalue weighted by Gasteiger charge is 2.23. The average molecular weight is 479 g/mol. The van der Waals surface area contributed by atoms with E-state index in [9.17, 15) is 19.5 Å². The number of carboxylic acid groups (broad SMARTS) is 1. The summed E-state index contributed by atoms with van der Waals surface area (Å²) in [5.74, 6) is -1.86. The lowest BCUT2D eigenvalue weighted by Crippen LogP contribution is -2.38. The maximum Gasteiger partial charge on any atom is 0.330 e. The van der Waals surface area contributed by atoms with Crippen LogP contribution in [0.15, 0.2) is 102 Å². The Morgan fingerprint density at radius 1 is 0.861 bits per heavy atom. The van der Waals surface area contributed by atoms with Crippen LogP contribution in [0.5, 0.6) is 0 Å². The van der Waals surface area contributed by atoms with Crippen LogP contribution >= 0.6 is 0 Å². The molecule has 0 radical (unpaired) electrons. The summed E-state index contributed by atoms with van der Waals surface area (Å²) in [4.78, 5) is 37.1. The normalized spacial score (nSPS) is 11.8. The highest BCUT2D eigenvalue weighted by molar-refractivity contribution is 5.90. The van der Waals surface area contributed by atoms with Crippen LogP contribution in [-0.4, -0.2) is 36.4 Å². The second-order valence-electron chi connectivity index (χ2n) is 8.08. The third-order valence-corrected chi connectivity index (χ3v) is 5.69. The van der Waals surface area contributed by atoms with E-state index in [2.05, 4.69) is 10.4 Å². The molecule has 0 spiro atoms. The van der Waals surface area contributed by atoms with Crippen LogP contribution in [-0.2, 0) is 16.1 Å². The molecule has 9 heteroatoms. The first-order valence-corrected chi connectivity index (χ1v) is 11.2. The van der Waals surface area contributed by atoms with Gasteiger partial charge >= 0.3 is 5.97 Å². The maximum atomic E-state index is 12.8. The van der Waals surface area contributed by atoms with E-state index in [1.807, 2.05) is 54.7 Å². The second kappa shape index (κ2) is 9.67. The number of fused-ring (bicyclic) bond motifs is 1. The molecule has 0 bridgehead atoms. The van der Waals surface area contributed by atoms with Gasteiger partial charge in [0.2, 0.25) is 5.91 Å². The summed E-state index contributed by atoms with van der Waals surface area (Å²) < 4.78 is 2.76. The third kappa shape index (κ3) is 4.49. The summed E-state index contributed by atoms with van der Waals surface area (Å²) in [7, 11) is 0. The van der Waals surface area contributed by atoms with Crippen molar-refractivity contribution in [3.63, 3.8) is 0 Å². The van der Waals surface area contributed by atoms with Gasteiger partial charge in [0.25, 0.3) is 5.56 Å². The molecular formula is C27H21N5O4. The lowest BCUT2D eigenvalue weighted by molar-refractivity contribution is -0.142. The summed E-state index contributed by atoms with van der Waals surface area (Å²) in [6, 6.07) is 25.3. The number of aliphatic carboxylic acids is 1. The Morgan fingerprint density at radius 2 is 1.56 bits per heavy atom. The highest BCUT2D eigenvalue weighted by Crippen LogP contribution is 2.33. The highest BCUT2D eigenvalue weighted by atomic mass is 16.4. The largest absolute Gasteiger partial charge is 0.479 e. The predicted octanol–water partition coefficient (Wildman–Crippen LogP) is 3.17. The predicted molar refractivity (Wildman–Crippen MR) is 133 cm³/mol. The van der Waals surface area contributed by atoms with E-state index >= 15 is 0 Å². The zero-order chi connectivity index (χ0) is 25.1. The van der Waals surface area contributed by atoms with Crippen molar-refractivity contribution in [2.75, 3.05) is 0 Å². The van der Waals surface area contributed by atoms with Gasteiger partial charge in [-0.25, -0.2) is 14.0 Å². The molecule has 2 aromatic carbocycles. The van der Waals surface area contributed by atoms with Gasteiger partial charge in [0, 0.05) is 17.8 Å². The lowest BCUT2D eigenvalue weighted by Gasteiger charge is -2.15. The Bertz CT molecular complexity index is 1610. The van der Waals surface area contributed by atoms with E-state index in [4.69, 9.17) is 5.10 Å². The van der Waals surface area contributed by atoms with Crippen LogP contribution in [0, 0.1) is 0 Å². The van der Waals surface area contributed by atoms with Crippen molar-refractivity contribution in [1.29, 1.82) is 0 Å². The zero-order valence-electron chi connectivity index (χ0n) is 19.0. The first kappa shape index (κ1) is 22.7. The molecule has 178 valence electrons. The number of aromatic nitrogens is 4. The van der Waals surface area contributed by atoms with E-state index < -0.39 is 30.0 Å². The number of pyridine rings is 1. The van der Waals surface area contributed by atoms with Crippen LogP contribution in [0.3, 0.4) is 0 Å². The van der Waals surface area contributed by atoms with Crippen LogP contribution in [0.1, 0.15) is 11.6 Å². The van der Waals surface area contributed by atoms with Crippen molar-refractivity contribution >= 4 is 17.4 Å². The molecule has 0 saturated heterocycles. The number of carboxylic acids is 1. The Morgan fingerprint density at radius 3 is 2.28 bits per heavy atom. The van der Waals surface area contributed by atoms with Crippen molar-refractivity contribution in [2.24, 2.45) is 0 Å². The number of benzene rings is 2. The summed E-state index contributed by atoms with van der Waals surface area (Å²) >= 11 is 0. The van der Waals surface area contributed by atoms with E-state index in [0.717, 1.165) is 15.8 Å². The maximum absolute atomic E-state index is 12.8. The fourth-order valence-electron chi connectivity index (χ4n) is 4.02. The summed E-state index contributed by atoms with van der Waals surface area (Å²) in [6.07, 6.45) is 1.82. The number of nitrogens with one attached hydrogen (secondary N) is 1. The lowest BCUT2D eigenvalue weighted by atomic mass is 10.0. The number of hydrogen-bond donors (Lipinski definition) is 2. The van der Waals surface area contributed by atoms with E-state index in [1.54, 1.807) is 40.9 Å². The van der Waals surface area contributed by atoms with Gasteiger partial charge in [-0.2, -0.15) is 10.2 Å². The Labute approximate surface area is 205 Å². The minimum atomic E-state index is -1.25. The third-order valence-electron chi connectivity index (χ3n) is 5.69. The van der Waals surface area contributed by atoms with Gasteiger partial charge in [-0.15, -0.1) is 0 Å². The SMILES string of the molecule is O=C(Cn1nc(-c2c(-c3ccccc3)nn3ccccc23)ccc1=O)N[C@@H](C(=O)O)c1ccccc1. The second-order valence-corrected chi connectivity index (χ2v) is 8.08. The van der Waals surface area contributed by atoms with Gasteiger partial charge in [0.15, 0.2) is 6.04 Å². The van der Waals surface area contributed by atoms with Crippen molar-refractivity contribution in [3.05, 3.63) is 113 Å². The standard InChI is InChI=1S/C27H21N5O4/c33-22(28-26(27(35)36)19-11-5-2-6-12-19)17-32-23(34)15-14-20(29-32)24-21-13-7-8-16-31(21)30-25(24)18-9-3-1-4-10-18/h1-16,26H,17H2,(H,28,33)(H,35,36)/t26-/m1/s1. The van der Waals surface area contributed by atoms with Gasteiger partial charge in [-0.05, 0) is 23.8 Å². The fourth-order valence-corrected chi connectivity index (χ4v) is 4.02. The van der Waals surface area contributed by atoms with Gasteiger partial charge in [0.1, 0.15) is 12.2 Å². The van der Waals surface area contributed by atoms with Crippen molar-refractivity contribution in [2.45, 2.75) is 12.6 Å². The van der Waals surface area contributed by atoms with E-state index in [1.165, 1.54) is 6.07 Å². The number of carbonyl (C=O) groups excluding carboxylic acids is 1. The van der Waals surface area contributed by atoms with E-state index in [0.29, 0.717) is 22.5 Å². The molecule has 3 heterocycles. The molecule has 0 unspecified atom stereocenters. The molecule has 5 rings (SSSR count). The molecule has 1 amide bonds. The number of hydrogen-bond acceptors (Lipinski definition) is 5. The summed E-state index contributed by atoms with van der Waals surface area (Å²) in [5.41, 5.74) is 3.45. The Kier molecular flexibility index (Phi) is 6.10. The minimum Gasteiger partial charge on any atom is -0.479 e. The number of rotatable bonds is 7. The van der Waals surface area contributed by atoms with Crippen LogP contribution < -0.4 is 10.9 Å². The van der Waals surface area contributed by atoms with Crippen LogP contribution in [0.25, 0.3) is 28.0 Å². The molecule has 9 nitrogen and oxygen atoms in total.